The zero-order chi connectivity index (χ0) is 7.68. The number of nitrogens with two attached hydrogens (primary N) is 1. The molecule has 1 aliphatic rings. The van der Waals surface area contributed by atoms with E-state index in [4.69, 9.17) is 0 Å². The van der Waals surface area contributed by atoms with Gasteiger partial charge in [-0.15, -0.1) is 0 Å². The number of benzene rings is 1. The second-order valence-electron chi connectivity index (χ2n) is 3.08. The van der Waals surface area contributed by atoms with Crippen LogP contribution in [0.4, 0.5) is 0 Å². The first-order valence-electron chi connectivity index (χ1n) is 4.12. The van der Waals surface area contributed by atoms with Gasteiger partial charge in [-0.25, -0.2) is 0 Å². The number of aryl methyl sites for hydroxylation is 1. The molecule has 58 valence electrons. The van der Waals surface area contributed by atoms with Crippen LogP contribution in [0.25, 0.3) is 0 Å². The van der Waals surface area contributed by atoms with Crippen LogP contribution in [-0.2, 0) is 6.42 Å². The van der Waals surface area contributed by atoms with Crippen LogP contribution in [0.3, 0.4) is 0 Å². The van der Waals surface area contributed by atoms with Gasteiger partial charge in [-0.05, 0) is 12.0 Å². The normalized spacial score (nSPS) is 21.7. The Balaban J connectivity index is 2.39. The summed E-state index contributed by atoms with van der Waals surface area (Å²) in [5, 5.41) is 2.06. The lowest BCUT2D eigenvalue weighted by atomic mass is 10.1. The number of hydrogen-bond donors (Lipinski definition) is 1. The molecule has 0 heterocycles. The maximum Gasteiger partial charge on any atom is 0.0882 e. The van der Waals surface area contributed by atoms with Crippen molar-refractivity contribution in [1.29, 1.82) is 0 Å². The highest BCUT2D eigenvalue weighted by molar-refractivity contribution is 5.32. The summed E-state index contributed by atoms with van der Waals surface area (Å²) in [6, 6.07) is 9.28. The van der Waals surface area contributed by atoms with Gasteiger partial charge in [-0.2, -0.15) is 7.05 Å². The zero-order valence-corrected chi connectivity index (χ0v) is 6.59. The number of quaternary nitrogens is 1. The largest absolute Gasteiger partial charge is 0.473 e. The Labute approximate surface area is 67.4 Å². The van der Waals surface area contributed by atoms with Crippen molar-refractivity contribution in [3.8, 4) is 0 Å². The molecule has 1 unspecified atom stereocenters. The highest BCUT2D eigenvalue weighted by Gasteiger charge is 2.20. The van der Waals surface area contributed by atoms with E-state index < -0.39 is 0 Å². The zero-order valence-electron chi connectivity index (χ0n) is 6.59. The van der Waals surface area contributed by atoms with Gasteiger partial charge in [-0.3, -0.25) is 0 Å². The van der Waals surface area contributed by atoms with Gasteiger partial charge in [0.2, 0.25) is 0 Å². The summed E-state index contributed by atoms with van der Waals surface area (Å²) in [4.78, 5) is 0. The van der Waals surface area contributed by atoms with Crippen LogP contribution >= 0.6 is 0 Å². The van der Waals surface area contributed by atoms with Crippen molar-refractivity contribution in [2.45, 2.75) is 18.9 Å². The molecule has 1 aromatic rings. The van der Waals surface area contributed by atoms with Crippen molar-refractivity contribution in [1.82, 2.24) is 0 Å². The standard InChI is InChI=1S/C10H13N/c1-11-10-7-6-8-4-2-3-5-9(8)10/h2-5,10H,1,6-7,11H2. The molecule has 1 aliphatic carbocycles. The summed E-state index contributed by atoms with van der Waals surface area (Å²) in [5.41, 5.74) is 3.00. The van der Waals surface area contributed by atoms with Gasteiger partial charge in [-0.1, -0.05) is 24.3 Å². The lowest BCUT2D eigenvalue weighted by Crippen LogP contribution is -2.77. The molecule has 1 aromatic carbocycles. The fourth-order valence-corrected chi connectivity index (χ4v) is 1.83. The van der Waals surface area contributed by atoms with Gasteiger partial charge in [0, 0.05) is 12.0 Å². The van der Waals surface area contributed by atoms with E-state index >= 15 is 0 Å². The van der Waals surface area contributed by atoms with Crippen LogP contribution in [-0.4, -0.2) is 0 Å². The first-order chi connectivity index (χ1) is 5.42. The predicted octanol–water partition coefficient (Wildman–Crippen LogP) is 1.03. The van der Waals surface area contributed by atoms with Gasteiger partial charge >= 0.3 is 0 Å². The Bertz CT molecular complexity index is 255. The quantitative estimate of drug-likeness (QED) is 0.571. The minimum atomic E-state index is 0.617. The fourth-order valence-electron chi connectivity index (χ4n) is 1.83. The molecular weight excluding hydrogens is 134 g/mol. The molecule has 2 rings (SSSR count). The van der Waals surface area contributed by atoms with E-state index in [1.165, 1.54) is 24.0 Å². The summed E-state index contributed by atoms with van der Waals surface area (Å²) in [6.07, 6.45) is 2.48. The third kappa shape index (κ3) is 1.05. The van der Waals surface area contributed by atoms with Crippen molar-refractivity contribution in [3.05, 3.63) is 42.4 Å². The summed E-state index contributed by atoms with van der Waals surface area (Å²) in [6.45, 7) is 0. The minimum absolute atomic E-state index is 0.617. The average molecular weight is 147 g/mol. The van der Waals surface area contributed by atoms with Crippen LogP contribution in [0.1, 0.15) is 23.6 Å². The Kier molecular flexibility index (Phi) is 1.66. The Morgan fingerprint density at radius 3 is 3.00 bits per heavy atom. The molecule has 0 radical (unpaired) electrons. The van der Waals surface area contributed by atoms with Gasteiger partial charge in [0.05, 0.1) is 6.04 Å². The summed E-state index contributed by atoms with van der Waals surface area (Å²) >= 11 is 0. The molecular formula is C10H13N. The van der Waals surface area contributed by atoms with E-state index in [1.807, 2.05) is 0 Å². The van der Waals surface area contributed by atoms with Gasteiger partial charge < -0.3 is 5.32 Å². The van der Waals surface area contributed by atoms with Crippen molar-refractivity contribution in [3.63, 3.8) is 0 Å². The maximum absolute atomic E-state index is 3.84. The smallest absolute Gasteiger partial charge is 0.0882 e. The predicted molar refractivity (Wildman–Crippen MR) is 44.8 cm³/mol. The number of fused-ring (bicyclic) bond motifs is 1. The summed E-state index contributed by atoms with van der Waals surface area (Å²) in [5.74, 6) is 0. The van der Waals surface area contributed by atoms with E-state index in [-0.39, 0.29) is 0 Å². The molecule has 0 spiro atoms. The van der Waals surface area contributed by atoms with E-state index in [2.05, 4.69) is 36.6 Å². The Morgan fingerprint density at radius 1 is 1.36 bits per heavy atom. The van der Waals surface area contributed by atoms with E-state index in [0.29, 0.717) is 6.04 Å². The second kappa shape index (κ2) is 2.67. The Morgan fingerprint density at radius 2 is 2.18 bits per heavy atom. The Hall–Kier alpha value is -0.820. The number of rotatable bonds is 1. The van der Waals surface area contributed by atoms with Crippen molar-refractivity contribution in [2.75, 3.05) is 0 Å². The molecule has 1 heteroatoms. The molecule has 0 bridgehead atoms. The molecule has 0 fully saturated rings. The van der Waals surface area contributed by atoms with Crippen molar-refractivity contribution in [2.24, 2.45) is 0 Å². The van der Waals surface area contributed by atoms with Crippen LogP contribution in [0.2, 0.25) is 0 Å². The summed E-state index contributed by atoms with van der Waals surface area (Å²) in [7, 11) is 3.84. The molecule has 0 saturated carbocycles. The molecule has 0 amide bonds. The van der Waals surface area contributed by atoms with Gasteiger partial charge in [0.25, 0.3) is 0 Å². The van der Waals surface area contributed by atoms with Crippen molar-refractivity contribution < 1.29 is 5.32 Å². The van der Waals surface area contributed by atoms with Crippen LogP contribution in [0.15, 0.2) is 24.3 Å². The summed E-state index contributed by atoms with van der Waals surface area (Å²) < 4.78 is 0. The molecule has 0 saturated heterocycles. The topological polar surface area (TPSA) is 16.6 Å². The fraction of sp³-hybridized carbons (Fsp3) is 0.300. The lowest BCUT2D eigenvalue weighted by Gasteiger charge is -2.09. The SMILES string of the molecule is [CH2-][NH2+]C1CCc2ccccc21. The molecule has 1 nitrogen and oxygen atoms in total. The van der Waals surface area contributed by atoms with Gasteiger partial charge in [0.15, 0.2) is 0 Å². The first kappa shape index (κ1) is 6.86. The molecule has 0 aromatic heterocycles. The number of hydrogen-bond acceptors (Lipinski definition) is 0. The lowest BCUT2D eigenvalue weighted by molar-refractivity contribution is -0.640. The van der Waals surface area contributed by atoms with Gasteiger partial charge in [0.1, 0.15) is 0 Å². The minimum Gasteiger partial charge on any atom is -0.473 e. The van der Waals surface area contributed by atoms with Crippen LogP contribution in [0, 0.1) is 7.05 Å². The second-order valence-corrected chi connectivity index (χ2v) is 3.08. The first-order valence-corrected chi connectivity index (χ1v) is 4.12. The van der Waals surface area contributed by atoms with Crippen LogP contribution in [0.5, 0.6) is 0 Å². The highest BCUT2D eigenvalue weighted by Crippen LogP contribution is 2.27. The van der Waals surface area contributed by atoms with E-state index in [0.717, 1.165) is 0 Å². The molecule has 1 atom stereocenters. The van der Waals surface area contributed by atoms with Crippen LogP contribution < -0.4 is 5.32 Å². The maximum atomic E-state index is 3.84. The van der Waals surface area contributed by atoms with E-state index in [9.17, 15) is 0 Å². The third-order valence-corrected chi connectivity index (χ3v) is 2.46. The molecule has 11 heavy (non-hydrogen) atoms. The van der Waals surface area contributed by atoms with E-state index in [1.54, 1.807) is 0 Å². The monoisotopic (exact) mass is 147 g/mol. The molecule has 0 aliphatic heterocycles. The molecule has 2 N–H and O–H groups in total. The third-order valence-electron chi connectivity index (χ3n) is 2.46. The van der Waals surface area contributed by atoms with Crippen molar-refractivity contribution >= 4 is 0 Å². The highest BCUT2D eigenvalue weighted by atomic mass is 14.9. The average Bonchev–Trinajstić information content (AvgIpc) is 2.47.